The van der Waals surface area contributed by atoms with Gasteiger partial charge in [-0.2, -0.15) is 0 Å². The molecule has 1 atom stereocenters. The molecule has 62 valence electrons. The lowest BCUT2D eigenvalue weighted by Gasteiger charge is -2.26. The van der Waals surface area contributed by atoms with Crippen LogP contribution in [-0.2, 0) is 0 Å². The van der Waals surface area contributed by atoms with Crippen LogP contribution in [0.4, 0.5) is 0 Å². The zero-order valence-corrected chi connectivity index (χ0v) is 8.23. The first-order valence-electron chi connectivity index (χ1n) is 4.28. The highest BCUT2D eigenvalue weighted by Gasteiger charge is 2.26. The maximum Gasteiger partial charge on any atom is 0.00315 e. The molecule has 11 heavy (non-hydrogen) atoms. The van der Waals surface area contributed by atoms with Crippen LogP contribution in [0.25, 0.3) is 0 Å². The lowest BCUT2D eigenvalue weighted by atomic mass is 9.78. The fourth-order valence-electron chi connectivity index (χ4n) is 1.82. The molecule has 1 unspecified atom stereocenters. The van der Waals surface area contributed by atoms with E-state index in [-0.39, 0.29) is 0 Å². The SMILES string of the molecule is CC1=CC(C(C)(C)C)C(C)=C1. The van der Waals surface area contributed by atoms with Gasteiger partial charge in [-0.25, -0.2) is 0 Å². The van der Waals surface area contributed by atoms with Crippen LogP contribution in [0.3, 0.4) is 0 Å². The standard InChI is InChI=1S/C11H18/c1-8-6-9(2)10(7-8)11(3,4)5/h6-7,10H,1-5H3. The van der Waals surface area contributed by atoms with Crippen molar-refractivity contribution in [1.29, 1.82) is 0 Å². The molecule has 0 heterocycles. The molecule has 1 aliphatic rings. The largest absolute Gasteiger partial charge is 0.0739 e. The van der Waals surface area contributed by atoms with Crippen LogP contribution in [0.5, 0.6) is 0 Å². The molecule has 0 aromatic carbocycles. The van der Waals surface area contributed by atoms with Gasteiger partial charge in [0, 0.05) is 5.92 Å². The Morgan fingerprint density at radius 2 is 1.73 bits per heavy atom. The summed E-state index contributed by atoms with van der Waals surface area (Å²) in [6.45, 7) is 11.3. The van der Waals surface area contributed by atoms with Gasteiger partial charge in [-0.3, -0.25) is 0 Å². The second-order valence-electron chi connectivity index (χ2n) is 4.64. The zero-order chi connectivity index (χ0) is 8.65. The zero-order valence-electron chi connectivity index (χ0n) is 8.23. The quantitative estimate of drug-likeness (QED) is 0.495. The van der Waals surface area contributed by atoms with Crippen molar-refractivity contribution < 1.29 is 0 Å². The van der Waals surface area contributed by atoms with E-state index in [9.17, 15) is 0 Å². The Labute approximate surface area is 70.0 Å². The van der Waals surface area contributed by atoms with E-state index in [4.69, 9.17) is 0 Å². The maximum atomic E-state index is 2.37. The van der Waals surface area contributed by atoms with Crippen LogP contribution >= 0.6 is 0 Å². The summed E-state index contributed by atoms with van der Waals surface area (Å²) in [6.07, 6.45) is 4.66. The van der Waals surface area contributed by atoms with Gasteiger partial charge < -0.3 is 0 Å². The fraction of sp³-hybridized carbons (Fsp3) is 0.636. The second kappa shape index (κ2) is 2.51. The monoisotopic (exact) mass is 150 g/mol. The number of allylic oxidation sites excluding steroid dienone is 4. The van der Waals surface area contributed by atoms with Gasteiger partial charge in [0.05, 0.1) is 0 Å². The molecule has 0 bridgehead atoms. The molecule has 0 saturated carbocycles. The fourth-order valence-corrected chi connectivity index (χ4v) is 1.82. The van der Waals surface area contributed by atoms with Crippen molar-refractivity contribution >= 4 is 0 Å². The third-order valence-corrected chi connectivity index (χ3v) is 2.31. The lowest BCUT2D eigenvalue weighted by Crippen LogP contribution is -2.17. The van der Waals surface area contributed by atoms with E-state index in [1.165, 1.54) is 11.1 Å². The summed E-state index contributed by atoms with van der Waals surface area (Å²) in [5, 5.41) is 0. The topological polar surface area (TPSA) is 0 Å². The summed E-state index contributed by atoms with van der Waals surface area (Å²) in [5.41, 5.74) is 3.32. The van der Waals surface area contributed by atoms with Crippen LogP contribution in [0, 0.1) is 11.3 Å². The Morgan fingerprint density at radius 1 is 1.18 bits per heavy atom. The van der Waals surface area contributed by atoms with E-state index in [2.05, 4.69) is 46.8 Å². The smallest absolute Gasteiger partial charge is 0.00315 e. The van der Waals surface area contributed by atoms with Crippen LogP contribution < -0.4 is 0 Å². The van der Waals surface area contributed by atoms with Crippen molar-refractivity contribution in [3.05, 3.63) is 23.3 Å². The third kappa shape index (κ3) is 1.74. The molecule has 0 aromatic heterocycles. The van der Waals surface area contributed by atoms with E-state index in [0.29, 0.717) is 11.3 Å². The minimum absolute atomic E-state index is 0.387. The van der Waals surface area contributed by atoms with Gasteiger partial charge >= 0.3 is 0 Å². The molecular formula is C11H18. The summed E-state index contributed by atoms with van der Waals surface area (Å²) in [5.74, 6) is 0.655. The molecule has 0 amide bonds. The third-order valence-electron chi connectivity index (χ3n) is 2.31. The molecule has 0 aliphatic heterocycles. The number of rotatable bonds is 0. The molecule has 1 aliphatic carbocycles. The normalized spacial score (nSPS) is 25.0. The van der Waals surface area contributed by atoms with Crippen molar-refractivity contribution in [3.8, 4) is 0 Å². The maximum absolute atomic E-state index is 2.37. The Bertz CT molecular complexity index is 211. The van der Waals surface area contributed by atoms with E-state index in [1.54, 1.807) is 0 Å². The van der Waals surface area contributed by atoms with Crippen LogP contribution in [0.1, 0.15) is 34.6 Å². The van der Waals surface area contributed by atoms with E-state index < -0.39 is 0 Å². The highest BCUT2D eigenvalue weighted by atomic mass is 14.3. The van der Waals surface area contributed by atoms with Gasteiger partial charge in [-0.15, -0.1) is 0 Å². The first-order chi connectivity index (χ1) is 4.91. The molecule has 0 saturated heterocycles. The van der Waals surface area contributed by atoms with Gasteiger partial charge in [-0.1, -0.05) is 44.1 Å². The van der Waals surface area contributed by atoms with Crippen LogP contribution in [-0.4, -0.2) is 0 Å². The van der Waals surface area contributed by atoms with Gasteiger partial charge in [0.1, 0.15) is 0 Å². The Balaban J connectivity index is 2.86. The van der Waals surface area contributed by atoms with Crippen LogP contribution in [0.2, 0.25) is 0 Å². The Hall–Kier alpha value is -0.520. The summed E-state index contributed by atoms with van der Waals surface area (Å²) in [7, 11) is 0. The highest BCUT2D eigenvalue weighted by molar-refractivity contribution is 5.34. The molecular weight excluding hydrogens is 132 g/mol. The molecule has 0 N–H and O–H groups in total. The minimum Gasteiger partial charge on any atom is -0.0739 e. The molecule has 1 rings (SSSR count). The van der Waals surface area contributed by atoms with Crippen molar-refractivity contribution in [1.82, 2.24) is 0 Å². The van der Waals surface area contributed by atoms with Gasteiger partial charge in [0.15, 0.2) is 0 Å². The molecule has 0 fully saturated rings. The van der Waals surface area contributed by atoms with Crippen molar-refractivity contribution in [2.24, 2.45) is 11.3 Å². The number of hydrogen-bond acceptors (Lipinski definition) is 0. The van der Waals surface area contributed by atoms with Gasteiger partial charge in [-0.05, 0) is 19.3 Å². The molecule has 0 nitrogen and oxygen atoms in total. The minimum atomic E-state index is 0.387. The van der Waals surface area contributed by atoms with Crippen LogP contribution in [0.15, 0.2) is 23.3 Å². The first-order valence-corrected chi connectivity index (χ1v) is 4.28. The predicted molar refractivity (Wildman–Crippen MR) is 50.5 cm³/mol. The molecule has 0 radical (unpaired) electrons. The highest BCUT2D eigenvalue weighted by Crippen LogP contribution is 2.37. The molecule has 0 heteroatoms. The average molecular weight is 150 g/mol. The average Bonchev–Trinajstić information content (AvgIpc) is 2.08. The second-order valence-corrected chi connectivity index (χ2v) is 4.64. The van der Waals surface area contributed by atoms with E-state index in [0.717, 1.165) is 0 Å². The summed E-state index contributed by atoms with van der Waals surface area (Å²) in [6, 6.07) is 0. The summed E-state index contributed by atoms with van der Waals surface area (Å²) < 4.78 is 0. The Kier molecular flexibility index (Phi) is 1.96. The van der Waals surface area contributed by atoms with Crippen molar-refractivity contribution in [3.63, 3.8) is 0 Å². The van der Waals surface area contributed by atoms with Crippen molar-refractivity contribution in [2.75, 3.05) is 0 Å². The van der Waals surface area contributed by atoms with Gasteiger partial charge in [0.2, 0.25) is 0 Å². The first kappa shape index (κ1) is 8.58. The van der Waals surface area contributed by atoms with E-state index >= 15 is 0 Å². The van der Waals surface area contributed by atoms with Crippen molar-refractivity contribution in [2.45, 2.75) is 34.6 Å². The molecule has 0 spiro atoms. The lowest BCUT2D eigenvalue weighted by molar-refractivity contribution is 0.333. The van der Waals surface area contributed by atoms with E-state index in [1.807, 2.05) is 0 Å². The summed E-state index contributed by atoms with van der Waals surface area (Å²) in [4.78, 5) is 0. The number of hydrogen-bond donors (Lipinski definition) is 0. The van der Waals surface area contributed by atoms with Gasteiger partial charge in [0.25, 0.3) is 0 Å². The summed E-state index contributed by atoms with van der Waals surface area (Å²) >= 11 is 0. The Morgan fingerprint density at radius 3 is 1.91 bits per heavy atom. The molecule has 0 aromatic rings. The predicted octanol–water partition coefficient (Wildman–Crippen LogP) is 3.55.